The van der Waals surface area contributed by atoms with Gasteiger partial charge in [0.05, 0.1) is 11.6 Å². The molecule has 0 aromatic rings. The van der Waals surface area contributed by atoms with Gasteiger partial charge in [0.2, 0.25) is 0 Å². The molecule has 1 fully saturated rings. The van der Waals surface area contributed by atoms with Crippen molar-refractivity contribution in [2.45, 2.75) is 0 Å². The van der Waals surface area contributed by atoms with E-state index in [2.05, 4.69) is 5.32 Å². The van der Waals surface area contributed by atoms with Crippen molar-refractivity contribution in [2.24, 2.45) is 0 Å². The molecule has 0 aromatic carbocycles. The molecule has 1 N–H and O–H groups in total. The van der Waals surface area contributed by atoms with Crippen molar-refractivity contribution >= 4 is 9.84 Å². The SMILES string of the molecule is O=S1(=O)[CH]CNC1. The highest BCUT2D eigenvalue weighted by Crippen LogP contribution is 1.97. The Morgan fingerprint density at radius 3 is 2.43 bits per heavy atom. The Bertz CT molecular complexity index is 136. The van der Waals surface area contributed by atoms with E-state index in [0.29, 0.717) is 6.54 Å². The molecule has 1 aliphatic rings. The zero-order valence-electron chi connectivity index (χ0n) is 3.72. The minimum atomic E-state index is -2.78. The maximum atomic E-state index is 10.3. The van der Waals surface area contributed by atoms with Crippen molar-refractivity contribution in [3.8, 4) is 0 Å². The predicted molar refractivity (Wildman–Crippen MR) is 26.1 cm³/mol. The second-order valence-electron chi connectivity index (χ2n) is 1.43. The van der Waals surface area contributed by atoms with E-state index in [4.69, 9.17) is 0 Å². The first-order valence-electron chi connectivity index (χ1n) is 1.97. The van der Waals surface area contributed by atoms with E-state index in [1.165, 1.54) is 5.75 Å². The molecule has 1 rings (SSSR count). The summed E-state index contributed by atoms with van der Waals surface area (Å²) in [4.78, 5) is 0. The lowest BCUT2D eigenvalue weighted by molar-refractivity contribution is 0.604. The third-order valence-electron chi connectivity index (χ3n) is 0.785. The topological polar surface area (TPSA) is 46.2 Å². The van der Waals surface area contributed by atoms with Crippen LogP contribution in [-0.2, 0) is 9.84 Å². The summed E-state index contributed by atoms with van der Waals surface area (Å²) < 4.78 is 20.6. The Labute approximate surface area is 42.6 Å². The van der Waals surface area contributed by atoms with Crippen LogP contribution < -0.4 is 5.32 Å². The predicted octanol–water partition coefficient (Wildman–Crippen LogP) is -0.876. The van der Waals surface area contributed by atoms with Gasteiger partial charge in [-0.15, -0.1) is 0 Å². The maximum Gasteiger partial charge on any atom is 0.168 e. The highest BCUT2D eigenvalue weighted by Gasteiger charge is 2.16. The van der Waals surface area contributed by atoms with Crippen molar-refractivity contribution in [1.29, 1.82) is 0 Å². The van der Waals surface area contributed by atoms with Gasteiger partial charge in [0.1, 0.15) is 0 Å². The molecule has 0 bridgehead atoms. The quantitative estimate of drug-likeness (QED) is 0.451. The average molecular weight is 120 g/mol. The fraction of sp³-hybridized carbons (Fsp3) is 0.667. The molecule has 3 nitrogen and oxygen atoms in total. The molecule has 0 unspecified atom stereocenters. The first-order chi connectivity index (χ1) is 3.21. The van der Waals surface area contributed by atoms with Crippen molar-refractivity contribution in [3.05, 3.63) is 5.75 Å². The lowest BCUT2D eigenvalue weighted by Crippen LogP contribution is -2.07. The molecule has 1 radical (unpaired) electrons. The zero-order valence-corrected chi connectivity index (χ0v) is 4.53. The molecule has 0 atom stereocenters. The van der Waals surface area contributed by atoms with Crippen LogP contribution in [0.3, 0.4) is 0 Å². The molecule has 1 heterocycles. The van der Waals surface area contributed by atoms with E-state index < -0.39 is 9.84 Å². The van der Waals surface area contributed by atoms with Gasteiger partial charge in [0.25, 0.3) is 0 Å². The lowest BCUT2D eigenvalue weighted by atomic mass is 10.8. The molecular formula is C3H6NO2S. The van der Waals surface area contributed by atoms with Gasteiger partial charge in [-0.1, -0.05) is 0 Å². The molecule has 4 heteroatoms. The minimum Gasteiger partial charge on any atom is -0.302 e. The van der Waals surface area contributed by atoms with Crippen molar-refractivity contribution in [3.63, 3.8) is 0 Å². The van der Waals surface area contributed by atoms with Crippen LogP contribution in [0.4, 0.5) is 0 Å². The largest absolute Gasteiger partial charge is 0.302 e. The van der Waals surface area contributed by atoms with Gasteiger partial charge in [-0.05, 0) is 0 Å². The molecule has 7 heavy (non-hydrogen) atoms. The van der Waals surface area contributed by atoms with Crippen LogP contribution in [0.15, 0.2) is 0 Å². The van der Waals surface area contributed by atoms with E-state index >= 15 is 0 Å². The lowest BCUT2D eigenvalue weighted by Gasteiger charge is -1.80. The summed E-state index contributed by atoms with van der Waals surface area (Å²) >= 11 is 0. The molecule has 0 amide bonds. The van der Waals surface area contributed by atoms with Crippen LogP contribution in [0.25, 0.3) is 0 Å². The molecule has 0 saturated carbocycles. The summed E-state index contributed by atoms with van der Waals surface area (Å²) in [6, 6.07) is 0. The van der Waals surface area contributed by atoms with Crippen LogP contribution in [0.1, 0.15) is 0 Å². The van der Waals surface area contributed by atoms with Gasteiger partial charge in [-0.3, -0.25) is 0 Å². The summed E-state index contributed by atoms with van der Waals surface area (Å²) in [5, 5.41) is 2.67. The Morgan fingerprint density at radius 2 is 2.29 bits per heavy atom. The first-order valence-corrected chi connectivity index (χ1v) is 3.69. The van der Waals surface area contributed by atoms with Gasteiger partial charge in [-0.25, -0.2) is 8.42 Å². The number of hydrogen-bond acceptors (Lipinski definition) is 3. The van der Waals surface area contributed by atoms with E-state index in [-0.39, 0.29) is 5.88 Å². The third kappa shape index (κ3) is 1.14. The van der Waals surface area contributed by atoms with Crippen molar-refractivity contribution in [2.75, 3.05) is 12.4 Å². The smallest absolute Gasteiger partial charge is 0.168 e. The molecule has 1 saturated heterocycles. The summed E-state index contributed by atoms with van der Waals surface area (Å²) in [5.41, 5.74) is 0. The molecular weight excluding hydrogens is 114 g/mol. The zero-order chi connectivity index (χ0) is 5.33. The van der Waals surface area contributed by atoms with Gasteiger partial charge < -0.3 is 5.32 Å². The van der Waals surface area contributed by atoms with Crippen LogP contribution in [-0.4, -0.2) is 20.8 Å². The standard InChI is InChI=1S/C3H6NO2S/c5-7(6)2-1-4-3-7/h2,4H,1,3H2. The van der Waals surface area contributed by atoms with Gasteiger partial charge in [0, 0.05) is 6.54 Å². The molecule has 41 valence electrons. The fourth-order valence-corrected chi connectivity index (χ4v) is 1.34. The first kappa shape index (κ1) is 5.05. The van der Waals surface area contributed by atoms with Crippen LogP contribution in [0, 0.1) is 5.75 Å². The highest BCUT2D eigenvalue weighted by atomic mass is 32.2. The Hall–Kier alpha value is -0.0900. The summed E-state index contributed by atoms with van der Waals surface area (Å²) in [6.07, 6.45) is 0. The second-order valence-corrected chi connectivity index (χ2v) is 3.38. The second kappa shape index (κ2) is 1.45. The molecule has 0 aromatic heterocycles. The summed E-state index contributed by atoms with van der Waals surface area (Å²) in [6.45, 7) is 0.502. The van der Waals surface area contributed by atoms with Gasteiger partial charge in [-0.2, -0.15) is 0 Å². The van der Waals surface area contributed by atoms with E-state index in [1.54, 1.807) is 0 Å². The Balaban J connectivity index is 2.76. The normalized spacial score (nSPS) is 28.0. The Kier molecular flexibility index (Phi) is 1.05. The molecule has 1 aliphatic heterocycles. The van der Waals surface area contributed by atoms with Crippen molar-refractivity contribution < 1.29 is 8.42 Å². The van der Waals surface area contributed by atoms with Crippen LogP contribution in [0.5, 0.6) is 0 Å². The summed E-state index contributed by atoms with van der Waals surface area (Å²) in [5.74, 6) is 1.40. The third-order valence-corrected chi connectivity index (χ3v) is 2.07. The van der Waals surface area contributed by atoms with Gasteiger partial charge >= 0.3 is 0 Å². The Morgan fingerprint density at radius 1 is 1.57 bits per heavy atom. The average Bonchev–Trinajstić information content (AvgIpc) is 1.84. The summed E-state index contributed by atoms with van der Waals surface area (Å²) in [7, 11) is -2.78. The molecule has 0 spiro atoms. The van der Waals surface area contributed by atoms with E-state index in [1.807, 2.05) is 0 Å². The number of rotatable bonds is 0. The van der Waals surface area contributed by atoms with Crippen LogP contribution >= 0.6 is 0 Å². The van der Waals surface area contributed by atoms with Gasteiger partial charge in [0.15, 0.2) is 9.84 Å². The number of hydrogen-bond donors (Lipinski definition) is 1. The van der Waals surface area contributed by atoms with E-state index in [0.717, 1.165) is 0 Å². The van der Waals surface area contributed by atoms with Crippen LogP contribution in [0.2, 0.25) is 0 Å². The fourth-order valence-electron chi connectivity index (χ4n) is 0.446. The van der Waals surface area contributed by atoms with Crippen molar-refractivity contribution in [1.82, 2.24) is 5.32 Å². The maximum absolute atomic E-state index is 10.3. The number of sulfone groups is 1. The monoisotopic (exact) mass is 120 g/mol. The highest BCUT2D eigenvalue weighted by molar-refractivity contribution is 7.93. The molecule has 0 aliphatic carbocycles. The minimum absolute atomic E-state index is 0.118. The number of nitrogens with one attached hydrogen (secondary N) is 1. The van der Waals surface area contributed by atoms with E-state index in [9.17, 15) is 8.42 Å².